The Labute approximate surface area is 124 Å². The van der Waals surface area contributed by atoms with Crippen molar-refractivity contribution in [3.63, 3.8) is 0 Å². The van der Waals surface area contributed by atoms with Gasteiger partial charge >= 0.3 is 0 Å². The topological polar surface area (TPSA) is 28.6 Å². The highest BCUT2D eigenvalue weighted by atomic mass is 32.2. The van der Waals surface area contributed by atoms with Gasteiger partial charge in [-0.2, -0.15) is 0 Å². The molecule has 0 amide bonds. The Morgan fingerprint density at radius 2 is 2.30 bits per heavy atom. The number of fused-ring (bicyclic) bond motifs is 3. The number of hydrogen-bond acceptors (Lipinski definition) is 5. The highest BCUT2D eigenvalue weighted by Crippen LogP contribution is 2.47. The second-order valence-electron chi connectivity index (χ2n) is 5.88. The summed E-state index contributed by atoms with van der Waals surface area (Å²) in [5, 5.41) is 0.734. The van der Waals surface area contributed by atoms with Crippen LogP contribution in [-0.2, 0) is 4.74 Å². The lowest BCUT2D eigenvalue weighted by molar-refractivity contribution is 0.0511. The van der Waals surface area contributed by atoms with Crippen LogP contribution < -0.4 is 4.90 Å². The molecule has 3 aliphatic rings. The smallest absolute Gasteiger partial charge is 0.131 e. The third-order valence-corrected chi connectivity index (χ3v) is 6.52. The van der Waals surface area contributed by atoms with Gasteiger partial charge < -0.3 is 9.64 Å². The molecule has 0 radical (unpaired) electrons. The quantitative estimate of drug-likeness (QED) is 0.833. The lowest BCUT2D eigenvalue weighted by Gasteiger charge is -2.33. The highest BCUT2D eigenvalue weighted by molar-refractivity contribution is 8.00. The summed E-state index contributed by atoms with van der Waals surface area (Å²) in [5.74, 6) is 0. The maximum Gasteiger partial charge on any atom is 0.131 e. The van der Waals surface area contributed by atoms with Crippen molar-refractivity contribution >= 4 is 17.4 Å². The van der Waals surface area contributed by atoms with Crippen LogP contribution in [0.4, 0.5) is 5.69 Å². The van der Waals surface area contributed by atoms with E-state index in [0.717, 1.165) is 17.8 Å². The van der Waals surface area contributed by atoms with E-state index >= 15 is 0 Å². The molecule has 1 saturated carbocycles. The normalized spacial score (nSPS) is 37.0. The highest BCUT2D eigenvalue weighted by Gasteiger charge is 2.49. The zero-order valence-corrected chi connectivity index (χ0v) is 12.6. The van der Waals surface area contributed by atoms with Crippen LogP contribution in [0, 0.1) is 0 Å². The number of thioether (sulfide) groups is 1. The number of pyridine rings is 1. The van der Waals surface area contributed by atoms with E-state index in [-0.39, 0.29) is 0 Å². The van der Waals surface area contributed by atoms with Gasteiger partial charge in [-0.25, -0.2) is 0 Å². The Kier molecular flexibility index (Phi) is 3.36. The molecule has 0 aromatic carbocycles. The summed E-state index contributed by atoms with van der Waals surface area (Å²) in [5.41, 5.74) is 1.76. The molecule has 20 heavy (non-hydrogen) atoms. The first-order chi connectivity index (χ1) is 9.86. The van der Waals surface area contributed by atoms with Gasteiger partial charge in [0, 0.05) is 37.7 Å². The van der Waals surface area contributed by atoms with E-state index < -0.39 is 0 Å². The molecule has 1 aliphatic carbocycles. The molecule has 4 unspecified atom stereocenters. The van der Waals surface area contributed by atoms with Gasteiger partial charge in [-0.3, -0.25) is 9.88 Å². The summed E-state index contributed by atoms with van der Waals surface area (Å²) in [6.45, 7) is 2.31. The van der Waals surface area contributed by atoms with Gasteiger partial charge in [-0.15, -0.1) is 11.8 Å². The molecule has 5 heteroatoms. The largest absolute Gasteiger partial charge is 0.381 e. The van der Waals surface area contributed by atoms with Crippen LogP contribution in [0.5, 0.6) is 0 Å². The fourth-order valence-corrected chi connectivity index (χ4v) is 5.76. The van der Waals surface area contributed by atoms with Crippen molar-refractivity contribution in [1.29, 1.82) is 0 Å². The van der Waals surface area contributed by atoms with Gasteiger partial charge in [0.1, 0.15) is 5.50 Å². The fraction of sp³-hybridized carbons (Fsp3) is 0.667. The number of anilines is 1. The summed E-state index contributed by atoms with van der Waals surface area (Å²) in [4.78, 5) is 9.48. The first kappa shape index (κ1) is 12.9. The number of rotatable bonds is 2. The molecule has 0 spiro atoms. The maximum absolute atomic E-state index is 5.58. The summed E-state index contributed by atoms with van der Waals surface area (Å²) in [7, 11) is 1.85. The van der Waals surface area contributed by atoms with E-state index in [1.54, 1.807) is 0 Å². The van der Waals surface area contributed by atoms with Crippen LogP contribution >= 0.6 is 11.8 Å². The van der Waals surface area contributed by atoms with E-state index in [1.165, 1.54) is 31.5 Å². The Morgan fingerprint density at radius 1 is 1.35 bits per heavy atom. The molecule has 2 saturated heterocycles. The molecule has 4 rings (SSSR count). The standard InChI is InChI=1S/C15H21N3OS/c1-19-12-4-5-13-14(9-12)20-15-17(7-8-18(13)15)11-3-2-6-16-10-11/h2-3,6,10,12-15H,4-5,7-9H2,1H3. The number of aromatic nitrogens is 1. The van der Waals surface area contributed by atoms with Crippen LogP contribution in [0.3, 0.4) is 0 Å². The number of nitrogens with zero attached hydrogens (tertiary/aromatic N) is 3. The molecule has 3 heterocycles. The van der Waals surface area contributed by atoms with Crippen molar-refractivity contribution in [3.8, 4) is 0 Å². The molecular formula is C15H21N3OS. The van der Waals surface area contributed by atoms with Gasteiger partial charge in [0.25, 0.3) is 0 Å². The SMILES string of the molecule is COC1CCC2C(C1)SC1N(c3cccnc3)CCN21. The van der Waals surface area contributed by atoms with Crippen LogP contribution in [0.2, 0.25) is 0 Å². The average Bonchev–Trinajstić information content (AvgIpc) is 3.06. The molecule has 0 N–H and O–H groups in total. The van der Waals surface area contributed by atoms with Crippen molar-refractivity contribution in [2.45, 2.75) is 42.2 Å². The van der Waals surface area contributed by atoms with Gasteiger partial charge in [0.05, 0.1) is 18.0 Å². The van der Waals surface area contributed by atoms with Crippen molar-refractivity contribution < 1.29 is 4.74 Å². The Bertz CT molecular complexity index is 471. The van der Waals surface area contributed by atoms with Gasteiger partial charge in [0.2, 0.25) is 0 Å². The second-order valence-corrected chi connectivity index (χ2v) is 7.18. The Balaban J connectivity index is 1.53. The molecule has 4 atom stereocenters. The summed E-state index contributed by atoms with van der Waals surface area (Å²) in [6, 6.07) is 4.96. The lowest BCUT2D eigenvalue weighted by Crippen LogP contribution is -2.42. The molecule has 3 fully saturated rings. The molecule has 2 aliphatic heterocycles. The predicted molar refractivity (Wildman–Crippen MR) is 81.9 cm³/mol. The maximum atomic E-state index is 5.58. The zero-order valence-electron chi connectivity index (χ0n) is 11.8. The minimum atomic E-state index is 0.468. The molecule has 108 valence electrons. The van der Waals surface area contributed by atoms with E-state index in [1.807, 2.05) is 25.6 Å². The number of hydrogen-bond donors (Lipinski definition) is 0. The first-order valence-electron chi connectivity index (χ1n) is 7.47. The van der Waals surface area contributed by atoms with E-state index in [0.29, 0.717) is 11.6 Å². The third kappa shape index (κ3) is 2.03. The van der Waals surface area contributed by atoms with Gasteiger partial charge in [-0.1, -0.05) is 0 Å². The minimum Gasteiger partial charge on any atom is -0.381 e. The van der Waals surface area contributed by atoms with Gasteiger partial charge in [-0.05, 0) is 31.4 Å². The molecule has 1 aromatic heterocycles. The van der Waals surface area contributed by atoms with Crippen LogP contribution in [0.15, 0.2) is 24.5 Å². The monoisotopic (exact) mass is 291 g/mol. The van der Waals surface area contributed by atoms with E-state index in [4.69, 9.17) is 4.74 Å². The van der Waals surface area contributed by atoms with Crippen LogP contribution in [0.1, 0.15) is 19.3 Å². The van der Waals surface area contributed by atoms with Crippen molar-refractivity contribution in [2.75, 3.05) is 25.1 Å². The van der Waals surface area contributed by atoms with Crippen LogP contribution in [0.25, 0.3) is 0 Å². The second kappa shape index (κ2) is 5.20. The molecule has 1 aromatic rings. The first-order valence-corrected chi connectivity index (χ1v) is 8.42. The van der Waals surface area contributed by atoms with Crippen LogP contribution in [-0.4, -0.2) is 53.0 Å². The minimum absolute atomic E-state index is 0.468. The molecule has 0 bridgehead atoms. The summed E-state index contributed by atoms with van der Waals surface area (Å²) < 4.78 is 5.58. The van der Waals surface area contributed by atoms with Crippen molar-refractivity contribution in [3.05, 3.63) is 24.5 Å². The zero-order chi connectivity index (χ0) is 13.5. The number of methoxy groups -OCH3 is 1. The Hall–Kier alpha value is -0.780. The molecular weight excluding hydrogens is 270 g/mol. The van der Waals surface area contributed by atoms with E-state index in [9.17, 15) is 0 Å². The summed E-state index contributed by atoms with van der Waals surface area (Å²) in [6.07, 6.45) is 8.02. The molecule has 4 nitrogen and oxygen atoms in total. The van der Waals surface area contributed by atoms with E-state index in [2.05, 4.69) is 32.6 Å². The average molecular weight is 291 g/mol. The van der Waals surface area contributed by atoms with Crippen molar-refractivity contribution in [2.24, 2.45) is 0 Å². The Morgan fingerprint density at radius 3 is 3.10 bits per heavy atom. The third-order valence-electron chi connectivity index (χ3n) is 4.89. The number of ether oxygens (including phenoxy) is 1. The summed E-state index contributed by atoms with van der Waals surface area (Å²) >= 11 is 2.13. The lowest BCUT2D eigenvalue weighted by atomic mass is 9.91. The predicted octanol–water partition coefficient (Wildman–Crippen LogP) is 2.17. The van der Waals surface area contributed by atoms with Gasteiger partial charge in [0.15, 0.2) is 0 Å². The fourth-order valence-electron chi connectivity index (χ4n) is 3.86. The van der Waals surface area contributed by atoms with Crippen molar-refractivity contribution in [1.82, 2.24) is 9.88 Å².